The van der Waals surface area contributed by atoms with Gasteiger partial charge in [0.25, 0.3) is 0 Å². The zero-order valence-electron chi connectivity index (χ0n) is 14.5. The fourth-order valence-electron chi connectivity index (χ4n) is 2.35. The van der Waals surface area contributed by atoms with Gasteiger partial charge < -0.3 is 19.5 Å². The van der Waals surface area contributed by atoms with Gasteiger partial charge in [0, 0.05) is 6.54 Å². The van der Waals surface area contributed by atoms with Crippen molar-refractivity contribution >= 4 is 12.4 Å². The summed E-state index contributed by atoms with van der Waals surface area (Å²) in [7, 11) is 3.35. The number of ether oxygens (including phenoxy) is 3. The third-order valence-electron chi connectivity index (χ3n) is 3.61. The molecule has 2 rings (SSSR count). The molecule has 0 aromatic heterocycles. The van der Waals surface area contributed by atoms with E-state index in [1.165, 1.54) is 11.1 Å². The number of rotatable bonds is 9. The highest BCUT2D eigenvalue weighted by Gasteiger charge is 2.05. The first-order valence-corrected chi connectivity index (χ1v) is 7.90. The zero-order chi connectivity index (χ0) is 16.5. The van der Waals surface area contributed by atoms with Gasteiger partial charge in [-0.3, -0.25) is 0 Å². The van der Waals surface area contributed by atoms with Gasteiger partial charge in [-0.2, -0.15) is 0 Å². The Morgan fingerprint density at radius 2 is 1.58 bits per heavy atom. The molecule has 0 fully saturated rings. The van der Waals surface area contributed by atoms with Crippen LogP contribution in [0.5, 0.6) is 17.2 Å². The second-order valence-corrected chi connectivity index (χ2v) is 5.19. The monoisotopic (exact) mass is 351 g/mol. The molecule has 5 heteroatoms. The van der Waals surface area contributed by atoms with Gasteiger partial charge >= 0.3 is 0 Å². The van der Waals surface area contributed by atoms with Crippen molar-refractivity contribution in [3.63, 3.8) is 0 Å². The quantitative estimate of drug-likeness (QED) is 0.696. The Morgan fingerprint density at radius 1 is 0.875 bits per heavy atom. The summed E-state index contributed by atoms with van der Waals surface area (Å²) in [5.41, 5.74) is 2.47. The number of hydrogen-bond donors (Lipinski definition) is 1. The first kappa shape index (κ1) is 20.1. The number of benzene rings is 2. The maximum absolute atomic E-state index is 5.53. The van der Waals surface area contributed by atoms with Gasteiger partial charge in [-0.15, -0.1) is 12.4 Å². The van der Waals surface area contributed by atoms with Crippen LogP contribution >= 0.6 is 12.4 Å². The van der Waals surface area contributed by atoms with E-state index in [9.17, 15) is 0 Å². The van der Waals surface area contributed by atoms with Gasteiger partial charge in [-0.25, -0.2) is 0 Å². The van der Waals surface area contributed by atoms with E-state index in [-0.39, 0.29) is 12.4 Å². The van der Waals surface area contributed by atoms with Gasteiger partial charge in [-0.05, 0) is 55.3 Å². The second-order valence-electron chi connectivity index (χ2n) is 5.19. The summed E-state index contributed by atoms with van der Waals surface area (Å²) in [5, 5.41) is 3.45. The molecule has 24 heavy (non-hydrogen) atoms. The van der Waals surface area contributed by atoms with E-state index >= 15 is 0 Å². The minimum atomic E-state index is 0. The Kier molecular flexibility index (Phi) is 9.05. The Hall–Kier alpha value is -1.91. The molecule has 0 saturated heterocycles. The van der Waals surface area contributed by atoms with E-state index in [2.05, 4.69) is 23.5 Å². The minimum Gasteiger partial charge on any atom is -0.497 e. The lowest BCUT2D eigenvalue weighted by molar-refractivity contribution is 0.310. The normalized spacial score (nSPS) is 9.96. The topological polar surface area (TPSA) is 39.7 Å². The van der Waals surface area contributed by atoms with Gasteiger partial charge in [0.15, 0.2) is 11.5 Å². The molecular weight excluding hydrogens is 326 g/mol. The van der Waals surface area contributed by atoms with E-state index in [1.54, 1.807) is 14.2 Å². The smallest absolute Gasteiger partial charge is 0.161 e. The molecule has 0 aliphatic carbocycles. The van der Waals surface area contributed by atoms with Crippen LogP contribution in [0.4, 0.5) is 0 Å². The second kappa shape index (κ2) is 10.8. The first-order valence-electron chi connectivity index (χ1n) is 7.90. The molecule has 4 nitrogen and oxygen atoms in total. The molecule has 2 aromatic rings. The van der Waals surface area contributed by atoms with Crippen LogP contribution in [-0.2, 0) is 13.0 Å². The SMILES string of the molecule is CCOc1ccc(CNCCc2ccc(OC)cc2)cc1OC.Cl. The van der Waals surface area contributed by atoms with E-state index < -0.39 is 0 Å². The molecule has 1 N–H and O–H groups in total. The Labute approximate surface area is 150 Å². The lowest BCUT2D eigenvalue weighted by Crippen LogP contribution is -2.16. The number of methoxy groups -OCH3 is 2. The number of halogens is 1. The molecule has 0 amide bonds. The standard InChI is InChI=1S/C19H25NO3.ClH/c1-4-23-18-10-7-16(13-19(18)22-3)14-20-12-11-15-5-8-17(21-2)9-6-15;/h5-10,13,20H,4,11-12,14H2,1-3H3;1H. The molecule has 0 aliphatic rings. The predicted molar refractivity (Wildman–Crippen MR) is 99.8 cm³/mol. The molecule has 0 spiro atoms. The van der Waals surface area contributed by atoms with Crippen molar-refractivity contribution in [3.05, 3.63) is 53.6 Å². The molecule has 0 unspecified atom stereocenters. The van der Waals surface area contributed by atoms with Gasteiger partial charge in [-0.1, -0.05) is 18.2 Å². The van der Waals surface area contributed by atoms with Crippen molar-refractivity contribution in [1.82, 2.24) is 5.32 Å². The van der Waals surface area contributed by atoms with Gasteiger partial charge in [0.1, 0.15) is 5.75 Å². The molecule has 0 radical (unpaired) electrons. The van der Waals surface area contributed by atoms with Crippen LogP contribution in [0.2, 0.25) is 0 Å². The summed E-state index contributed by atoms with van der Waals surface area (Å²) in [6.45, 7) is 4.32. The van der Waals surface area contributed by atoms with Crippen LogP contribution in [0.25, 0.3) is 0 Å². The molecular formula is C19H26ClNO3. The highest BCUT2D eigenvalue weighted by molar-refractivity contribution is 5.85. The van der Waals surface area contributed by atoms with Crippen LogP contribution in [-0.4, -0.2) is 27.4 Å². The maximum Gasteiger partial charge on any atom is 0.161 e. The molecule has 0 atom stereocenters. The number of hydrogen-bond acceptors (Lipinski definition) is 4. The van der Waals surface area contributed by atoms with E-state index in [1.807, 2.05) is 31.2 Å². The van der Waals surface area contributed by atoms with Crippen molar-refractivity contribution in [2.24, 2.45) is 0 Å². The van der Waals surface area contributed by atoms with Crippen molar-refractivity contribution in [1.29, 1.82) is 0 Å². The maximum atomic E-state index is 5.53. The molecule has 2 aromatic carbocycles. The Balaban J connectivity index is 0.00000288. The first-order chi connectivity index (χ1) is 11.3. The Morgan fingerprint density at radius 3 is 2.21 bits per heavy atom. The Bertz CT molecular complexity index is 602. The average molecular weight is 352 g/mol. The average Bonchev–Trinajstić information content (AvgIpc) is 2.60. The molecule has 0 saturated carbocycles. The third kappa shape index (κ3) is 5.95. The van der Waals surface area contributed by atoms with E-state index in [0.29, 0.717) is 6.61 Å². The van der Waals surface area contributed by atoms with Crippen LogP contribution in [0, 0.1) is 0 Å². The summed E-state index contributed by atoms with van der Waals surface area (Å²) in [6.07, 6.45) is 0.984. The van der Waals surface area contributed by atoms with Crippen LogP contribution in [0.3, 0.4) is 0 Å². The highest BCUT2D eigenvalue weighted by Crippen LogP contribution is 2.27. The van der Waals surface area contributed by atoms with Crippen LogP contribution < -0.4 is 19.5 Å². The van der Waals surface area contributed by atoms with Gasteiger partial charge in [0.2, 0.25) is 0 Å². The zero-order valence-corrected chi connectivity index (χ0v) is 15.3. The largest absolute Gasteiger partial charge is 0.497 e. The van der Waals surface area contributed by atoms with Crippen molar-refractivity contribution in [3.8, 4) is 17.2 Å². The molecule has 132 valence electrons. The van der Waals surface area contributed by atoms with Crippen molar-refractivity contribution in [2.45, 2.75) is 19.9 Å². The summed E-state index contributed by atoms with van der Waals surface area (Å²) in [5.74, 6) is 2.46. The molecule has 0 bridgehead atoms. The lowest BCUT2D eigenvalue weighted by Gasteiger charge is -2.11. The minimum absolute atomic E-state index is 0. The fourth-order valence-corrected chi connectivity index (χ4v) is 2.35. The molecule has 0 aliphatic heterocycles. The summed E-state index contributed by atoms with van der Waals surface area (Å²) >= 11 is 0. The van der Waals surface area contributed by atoms with Crippen LogP contribution in [0.1, 0.15) is 18.1 Å². The van der Waals surface area contributed by atoms with E-state index in [4.69, 9.17) is 14.2 Å². The predicted octanol–water partition coefficient (Wildman–Crippen LogP) is 3.86. The van der Waals surface area contributed by atoms with Crippen LogP contribution in [0.15, 0.2) is 42.5 Å². The van der Waals surface area contributed by atoms with Gasteiger partial charge in [0.05, 0.1) is 20.8 Å². The molecule has 0 heterocycles. The number of nitrogens with one attached hydrogen (secondary N) is 1. The summed E-state index contributed by atoms with van der Waals surface area (Å²) in [4.78, 5) is 0. The third-order valence-corrected chi connectivity index (χ3v) is 3.61. The summed E-state index contributed by atoms with van der Waals surface area (Å²) < 4.78 is 16.1. The summed E-state index contributed by atoms with van der Waals surface area (Å²) in [6, 6.07) is 14.2. The fraction of sp³-hybridized carbons (Fsp3) is 0.368. The van der Waals surface area contributed by atoms with E-state index in [0.717, 1.165) is 36.8 Å². The van der Waals surface area contributed by atoms with Crippen molar-refractivity contribution < 1.29 is 14.2 Å². The highest BCUT2D eigenvalue weighted by atomic mass is 35.5. The van der Waals surface area contributed by atoms with Crippen molar-refractivity contribution in [2.75, 3.05) is 27.4 Å². The lowest BCUT2D eigenvalue weighted by atomic mass is 10.1.